The summed E-state index contributed by atoms with van der Waals surface area (Å²) < 4.78 is 31.6. The lowest BCUT2D eigenvalue weighted by Crippen LogP contribution is -2.22. The van der Waals surface area contributed by atoms with Gasteiger partial charge in [-0.15, -0.1) is 0 Å². The van der Waals surface area contributed by atoms with E-state index in [2.05, 4.69) is 4.98 Å². The van der Waals surface area contributed by atoms with Crippen LogP contribution in [0.2, 0.25) is 5.15 Å². The Labute approximate surface area is 129 Å². The first-order chi connectivity index (χ1) is 9.87. The van der Waals surface area contributed by atoms with E-state index in [1.807, 2.05) is 6.92 Å². The summed E-state index contributed by atoms with van der Waals surface area (Å²) in [7, 11) is -0.575. The van der Waals surface area contributed by atoms with Crippen molar-refractivity contribution in [3.63, 3.8) is 0 Å². The topological polar surface area (TPSA) is 59.5 Å². The second kappa shape index (κ2) is 6.17. The molecule has 7 heteroatoms. The smallest absolute Gasteiger partial charge is 0.243 e. The highest BCUT2D eigenvalue weighted by molar-refractivity contribution is 7.89. The van der Waals surface area contributed by atoms with E-state index in [1.165, 1.54) is 24.5 Å². The molecule has 0 aliphatic carbocycles. The third kappa shape index (κ3) is 3.12. The molecule has 114 valence electrons. The van der Waals surface area contributed by atoms with Crippen LogP contribution in [0.5, 0.6) is 5.75 Å². The van der Waals surface area contributed by atoms with Crippen LogP contribution in [0, 0.1) is 0 Å². The van der Waals surface area contributed by atoms with Crippen LogP contribution in [-0.2, 0) is 10.0 Å². The number of hydrogen-bond acceptors (Lipinski definition) is 4. The SMILES string of the molecule is CCCOc1ccc(S(=O)(=O)N(C)C)c2ccc(Cl)nc12. The molecule has 0 aliphatic rings. The van der Waals surface area contributed by atoms with E-state index in [4.69, 9.17) is 16.3 Å². The van der Waals surface area contributed by atoms with Gasteiger partial charge >= 0.3 is 0 Å². The van der Waals surface area contributed by atoms with Gasteiger partial charge < -0.3 is 4.74 Å². The molecule has 0 unspecified atom stereocenters. The van der Waals surface area contributed by atoms with Crippen molar-refractivity contribution in [1.82, 2.24) is 9.29 Å². The van der Waals surface area contributed by atoms with E-state index in [-0.39, 0.29) is 4.90 Å². The first kappa shape index (κ1) is 16.0. The van der Waals surface area contributed by atoms with E-state index >= 15 is 0 Å². The van der Waals surface area contributed by atoms with Gasteiger partial charge in [0.15, 0.2) is 0 Å². The molecular formula is C14H17ClN2O3S. The Bertz CT molecular complexity index is 760. The maximum Gasteiger partial charge on any atom is 0.243 e. The number of rotatable bonds is 5. The van der Waals surface area contributed by atoms with Crippen LogP contribution in [0.4, 0.5) is 0 Å². The molecule has 0 saturated heterocycles. The van der Waals surface area contributed by atoms with Crippen LogP contribution in [0.15, 0.2) is 29.2 Å². The number of pyridine rings is 1. The van der Waals surface area contributed by atoms with Crippen molar-refractivity contribution in [2.75, 3.05) is 20.7 Å². The van der Waals surface area contributed by atoms with E-state index in [9.17, 15) is 8.42 Å². The van der Waals surface area contributed by atoms with E-state index in [1.54, 1.807) is 18.2 Å². The molecule has 21 heavy (non-hydrogen) atoms. The summed E-state index contributed by atoms with van der Waals surface area (Å²) in [5, 5.41) is 0.796. The quantitative estimate of drug-likeness (QED) is 0.792. The molecule has 0 aliphatic heterocycles. The summed E-state index contributed by atoms with van der Waals surface area (Å²) in [6.07, 6.45) is 0.847. The molecule has 0 saturated carbocycles. The second-order valence-corrected chi connectivity index (χ2v) is 7.24. The molecule has 0 spiro atoms. The van der Waals surface area contributed by atoms with Crippen molar-refractivity contribution in [1.29, 1.82) is 0 Å². The Hall–Kier alpha value is -1.37. The Morgan fingerprint density at radius 1 is 1.24 bits per heavy atom. The molecular weight excluding hydrogens is 312 g/mol. The molecule has 2 rings (SSSR count). The lowest BCUT2D eigenvalue weighted by molar-refractivity contribution is 0.320. The molecule has 2 aromatic rings. The molecule has 0 atom stereocenters. The minimum atomic E-state index is -3.56. The second-order valence-electron chi connectivity index (χ2n) is 4.73. The zero-order chi connectivity index (χ0) is 15.6. The summed E-state index contributed by atoms with van der Waals surface area (Å²) in [5.74, 6) is 0.534. The van der Waals surface area contributed by atoms with Crippen LogP contribution in [-0.4, -0.2) is 38.4 Å². The van der Waals surface area contributed by atoms with Crippen molar-refractivity contribution in [3.05, 3.63) is 29.4 Å². The van der Waals surface area contributed by atoms with Crippen LogP contribution in [0.1, 0.15) is 13.3 Å². The number of nitrogens with zero attached hydrogens (tertiary/aromatic N) is 2. The van der Waals surface area contributed by atoms with Crippen molar-refractivity contribution in [3.8, 4) is 5.75 Å². The molecule has 0 N–H and O–H groups in total. The average molecular weight is 329 g/mol. The van der Waals surface area contributed by atoms with Crippen LogP contribution >= 0.6 is 11.6 Å². The van der Waals surface area contributed by atoms with Crippen molar-refractivity contribution in [2.24, 2.45) is 0 Å². The van der Waals surface area contributed by atoms with Gasteiger partial charge in [-0.25, -0.2) is 17.7 Å². The van der Waals surface area contributed by atoms with Crippen LogP contribution in [0.3, 0.4) is 0 Å². The minimum Gasteiger partial charge on any atom is -0.491 e. The van der Waals surface area contributed by atoms with E-state index in [0.29, 0.717) is 28.4 Å². The third-order valence-corrected chi connectivity index (χ3v) is 5.05. The van der Waals surface area contributed by atoms with Crippen LogP contribution < -0.4 is 4.74 Å². The number of halogens is 1. The van der Waals surface area contributed by atoms with Gasteiger partial charge in [0, 0.05) is 19.5 Å². The molecule has 0 fully saturated rings. The maximum absolute atomic E-state index is 12.4. The highest BCUT2D eigenvalue weighted by Crippen LogP contribution is 2.32. The van der Waals surface area contributed by atoms with Gasteiger partial charge in [0.1, 0.15) is 16.4 Å². The summed E-state index contributed by atoms with van der Waals surface area (Å²) in [6.45, 7) is 2.52. The van der Waals surface area contributed by atoms with Crippen molar-refractivity contribution in [2.45, 2.75) is 18.2 Å². The highest BCUT2D eigenvalue weighted by atomic mass is 35.5. The zero-order valence-electron chi connectivity index (χ0n) is 12.1. The number of aromatic nitrogens is 1. The fourth-order valence-corrected chi connectivity index (χ4v) is 3.12. The van der Waals surface area contributed by atoms with Gasteiger partial charge in [0.05, 0.1) is 11.5 Å². The molecule has 1 aromatic heterocycles. The Balaban J connectivity index is 2.72. The molecule has 1 heterocycles. The zero-order valence-corrected chi connectivity index (χ0v) is 13.7. The standard InChI is InChI=1S/C14H17ClN2O3S/c1-4-9-20-11-6-7-12(21(18,19)17(2)3)10-5-8-13(15)16-14(10)11/h5-8H,4,9H2,1-3H3. The highest BCUT2D eigenvalue weighted by Gasteiger charge is 2.22. The lowest BCUT2D eigenvalue weighted by atomic mass is 10.2. The molecule has 0 radical (unpaired) electrons. The average Bonchev–Trinajstić information content (AvgIpc) is 2.44. The molecule has 0 amide bonds. The molecule has 1 aromatic carbocycles. The normalized spacial score (nSPS) is 12.0. The predicted molar refractivity (Wildman–Crippen MR) is 83.4 cm³/mol. The number of fused-ring (bicyclic) bond motifs is 1. The first-order valence-corrected chi connectivity index (χ1v) is 8.34. The van der Waals surface area contributed by atoms with Crippen LogP contribution in [0.25, 0.3) is 10.9 Å². The van der Waals surface area contributed by atoms with E-state index < -0.39 is 10.0 Å². The Morgan fingerprint density at radius 2 is 1.95 bits per heavy atom. The molecule has 0 bridgehead atoms. The number of ether oxygens (including phenoxy) is 1. The van der Waals surface area contributed by atoms with Gasteiger partial charge in [-0.1, -0.05) is 18.5 Å². The monoisotopic (exact) mass is 328 g/mol. The minimum absolute atomic E-state index is 0.190. The predicted octanol–water partition coefficient (Wildman–Crippen LogP) is 2.93. The van der Waals surface area contributed by atoms with E-state index in [0.717, 1.165) is 6.42 Å². The van der Waals surface area contributed by atoms with Gasteiger partial charge in [0.2, 0.25) is 10.0 Å². The molecule has 5 nitrogen and oxygen atoms in total. The summed E-state index contributed by atoms with van der Waals surface area (Å²) in [5.41, 5.74) is 0.457. The summed E-state index contributed by atoms with van der Waals surface area (Å²) in [6, 6.07) is 6.39. The summed E-state index contributed by atoms with van der Waals surface area (Å²) in [4.78, 5) is 4.41. The fourth-order valence-electron chi connectivity index (χ4n) is 1.89. The lowest BCUT2D eigenvalue weighted by Gasteiger charge is -2.15. The van der Waals surface area contributed by atoms with Crippen molar-refractivity contribution < 1.29 is 13.2 Å². The number of hydrogen-bond donors (Lipinski definition) is 0. The van der Waals surface area contributed by atoms with Gasteiger partial charge in [-0.3, -0.25) is 0 Å². The Kier molecular flexibility index (Phi) is 4.70. The van der Waals surface area contributed by atoms with Gasteiger partial charge in [0.25, 0.3) is 0 Å². The van der Waals surface area contributed by atoms with Gasteiger partial charge in [-0.05, 0) is 30.7 Å². The number of sulfonamides is 1. The third-order valence-electron chi connectivity index (χ3n) is 2.97. The fraction of sp³-hybridized carbons (Fsp3) is 0.357. The van der Waals surface area contributed by atoms with Gasteiger partial charge in [-0.2, -0.15) is 0 Å². The first-order valence-electron chi connectivity index (χ1n) is 6.52. The van der Waals surface area contributed by atoms with Crippen molar-refractivity contribution >= 4 is 32.5 Å². The Morgan fingerprint density at radius 3 is 2.57 bits per heavy atom. The summed E-state index contributed by atoms with van der Waals surface area (Å²) >= 11 is 5.93. The maximum atomic E-state index is 12.4. The largest absolute Gasteiger partial charge is 0.491 e. The number of benzene rings is 1.